The second-order valence-electron chi connectivity index (χ2n) is 7.04. The van der Waals surface area contributed by atoms with E-state index in [2.05, 4.69) is 10.1 Å². The molecule has 1 fully saturated rings. The van der Waals surface area contributed by atoms with Gasteiger partial charge in [-0.25, -0.2) is 9.37 Å². The molecule has 0 N–H and O–H groups in total. The van der Waals surface area contributed by atoms with Gasteiger partial charge in [0.05, 0.1) is 47.5 Å². The number of likely N-dealkylation sites (tertiary alicyclic amines) is 1. The molecule has 1 amide bonds. The first kappa shape index (κ1) is 18.3. The lowest BCUT2D eigenvalue weighted by Gasteiger charge is -2.24. The number of aromatic nitrogens is 3. The van der Waals surface area contributed by atoms with Gasteiger partial charge in [0.1, 0.15) is 11.6 Å². The topological polar surface area (TPSA) is 72.1 Å². The average molecular weight is 380 g/mol. The van der Waals surface area contributed by atoms with Crippen LogP contribution in [-0.4, -0.2) is 32.5 Å². The lowest BCUT2D eigenvalue weighted by atomic mass is 10.1. The fraction of sp³-hybridized carbons (Fsp3) is 0.333. The van der Waals surface area contributed by atoms with E-state index in [4.69, 9.17) is 9.51 Å². The zero-order chi connectivity index (χ0) is 19.7. The Balaban J connectivity index is 1.59. The van der Waals surface area contributed by atoms with Crippen molar-refractivity contribution in [1.29, 1.82) is 0 Å². The molecule has 28 heavy (non-hydrogen) atoms. The summed E-state index contributed by atoms with van der Waals surface area (Å²) in [6.45, 7) is 4.33. The normalized spacial score (nSPS) is 16.5. The number of halogens is 1. The van der Waals surface area contributed by atoms with Crippen LogP contribution in [0.2, 0.25) is 0 Å². The van der Waals surface area contributed by atoms with E-state index in [1.807, 2.05) is 13.8 Å². The van der Waals surface area contributed by atoms with Crippen molar-refractivity contribution in [3.8, 4) is 11.3 Å². The van der Waals surface area contributed by atoms with Crippen LogP contribution in [0.3, 0.4) is 0 Å². The van der Waals surface area contributed by atoms with Gasteiger partial charge < -0.3 is 9.42 Å². The van der Waals surface area contributed by atoms with Gasteiger partial charge >= 0.3 is 0 Å². The molecule has 3 aromatic rings. The molecule has 1 atom stereocenters. The van der Waals surface area contributed by atoms with Crippen LogP contribution in [0.5, 0.6) is 0 Å². The number of aryl methyl sites for hydroxylation is 2. The summed E-state index contributed by atoms with van der Waals surface area (Å²) in [7, 11) is 0. The van der Waals surface area contributed by atoms with Crippen molar-refractivity contribution in [1.82, 2.24) is 20.0 Å². The number of rotatable bonds is 4. The van der Waals surface area contributed by atoms with Gasteiger partial charge in [-0.1, -0.05) is 23.4 Å². The summed E-state index contributed by atoms with van der Waals surface area (Å²) >= 11 is 0. The van der Waals surface area contributed by atoms with Crippen molar-refractivity contribution in [3.05, 3.63) is 65.2 Å². The van der Waals surface area contributed by atoms with Crippen molar-refractivity contribution >= 4 is 5.91 Å². The first-order valence-electron chi connectivity index (χ1n) is 9.32. The molecule has 0 aliphatic carbocycles. The fourth-order valence-electron chi connectivity index (χ4n) is 3.79. The molecule has 3 heterocycles. The number of hydrogen-bond acceptors (Lipinski definition) is 5. The van der Waals surface area contributed by atoms with Crippen LogP contribution >= 0.6 is 0 Å². The molecule has 2 aromatic heterocycles. The molecule has 4 rings (SSSR count). The van der Waals surface area contributed by atoms with Crippen LogP contribution in [0.1, 0.15) is 41.6 Å². The molecule has 7 heteroatoms. The Bertz CT molecular complexity index is 998. The number of carbonyl (C=O) groups excluding carboxylic acids is 1. The highest BCUT2D eigenvalue weighted by atomic mass is 19.1. The minimum atomic E-state index is -0.355. The third kappa shape index (κ3) is 3.40. The summed E-state index contributed by atoms with van der Waals surface area (Å²) in [6, 6.07) is 6.23. The van der Waals surface area contributed by atoms with Crippen LogP contribution in [0.4, 0.5) is 4.39 Å². The molecule has 144 valence electrons. The molecule has 1 aromatic carbocycles. The van der Waals surface area contributed by atoms with Crippen molar-refractivity contribution in [2.45, 2.75) is 39.2 Å². The molecule has 6 nitrogen and oxygen atoms in total. The molecule has 0 radical (unpaired) electrons. The average Bonchev–Trinajstić information content (AvgIpc) is 3.30. The number of benzene rings is 1. The van der Waals surface area contributed by atoms with Crippen molar-refractivity contribution in [2.24, 2.45) is 0 Å². The van der Waals surface area contributed by atoms with E-state index < -0.39 is 0 Å². The third-order valence-corrected chi connectivity index (χ3v) is 5.16. The Morgan fingerprint density at radius 1 is 1.29 bits per heavy atom. The number of carbonyl (C=O) groups is 1. The molecular formula is C21H21FN4O2. The number of amides is 1. The minimum absolute atomic E-state index is 0.0418. The summed E-state index contributed by atoms with van der Waals surface area (Å²) < 4.78 is 19.2. The third-order valence-electron chi connectivity index (χ3n) is 5.16. The monoisotopic (exact) mass is 380 g/mol. The highest BCUT2D eigenvalue weighted by molar-refractivity contribution is 5.79. The molecule has 1 aliphatic heterocycles. The smallest absolute Gasteiger partial charge is 0.227 e. The fourth-order valence-corrected chi connectivity index (χ4v) is 3.79. The Labute approximate surface area is 162 Å². The van der Waals surface area contributed by atoms with Crippen LogP contribution in [-0.2, 0) is 11.2 Å². The Kier molecular flexibility index (Phi) is 4.90. The SMILES string of the molecule is Cc1noc(C)c1-c1cncc(C2CCCN2C(=O)Cc2ccccc2F)n1. The van der Waals surface area contributed by atoms with Crippen LogP contribution in [0, 0.1) is 19.7 Å². The number of hydrogen-bond donors (Lipinski definition) is 0. The predicted octanol–water partition coefficient (Wildman–Crippen LogP) is 3.79. The van der Waals surface area contributed by atoms with Gasteiger partial charge in [0.15, 0.2) is 0 Å². The van der Waals surface area contributed by atoms with Gasteiger partial charge in [0.25, 0.3) is 0 Å². The van der Waals surface area contributed by atoms with Crippen LogP contribution in [0.25, 0.3) is 11.3 Å². The van der Waals surface area contributed by atoms with E-state index in [0.717, 1.165) is 29.8 Å². The number of nitrogens with zero attached hydrogens (tertiary/aromatic N) is 4. The Morgan fingerprint density at radius 3 is 2.86 bits per heavy atom. The van der Waals surface area contributed by atoms with E-state index in [1.165, 1.54) is 6.07 Å². The van der Waals surface area contributed by atoms with Crippen LogP contribution in [0.15, 0.2) is 41.2 Å². The lowest BCUT2D eigenvalue weighted by Crippen LogP contribution is -2.32. The van der Waals surface area contributed by atoms with E-state index in [-0.39, 0.29) is 24.2 Å². The molecule has 1 aliphatic rings. The van der Waals surface area contributed by atoms with E-state index >= 15 is 0 Å². The first-order chi connectivity index (χ1) is 13.5. The molecule has 0 saturated carbocycles. The van der Waals surface area contributed by atoms with Crippen molar-refractivity contribution < 1.29 is 13.7 Å². The molecule has 1 saturated heterocycles. The maximum atomic E-state index is 13.9. The zero-order valence-electron chi connectivity index (χ0n) is 15.9. The largest absolute Gasteiger partial charge is 0.361 e. The second kappa shape index (κ2) is 7.50. The predicted molar refractivity (Wildman–Crippen MR) is 101 cm³/mol. The molecule has 0 spiro atoms. The van der Waals surface area contributed by atoms with Gasteiger partial charge in [-0.15, -0.1) is 0 Å². The van der Waals surface area contributed by atoms with Gasteiger partial charge in [0.2, 0.25) is 5.91 Å². The van der Waals surface area contributed by atoms with E-state index in [9.17, 15) is 9.18 Å². The van der Waals surface area contributed by atoms with Gasteiger partial charge in [-0.2, -0.15) is 0 Å². The summed E-state index contributed by atoms with van der Waals surface area (Å²) in [6.07, 6.45) is 5.10. The minimum Gasteiger partial charge on any atom is -0.361 e. The highest BCUT2D eigenvalue weighted by Crippen LogP contribution is 2.33. The Hall–Kier alpha value is -3.09. The summed E-state index contributed by atoms with van der Waals surface area (Å²) in [4.78, 5) is 23.7. The lowest BCUT2D eigenvalue weighted by molar-refractivity contribution is -0.131. The highest BCUT2D eigenvalue weighted by Gasteiger charge is 2.31. The van der Waals surface area contributed by atoms with Crippen molar-refractivity contribution in [3.63, 3.8) is 0 Å². The summed E-state index contributed by atoms with van der Waals surface area (Å²) in [5, 5.41) is 3.98. The van der Waals surface area contributed by atoms with Crippen molar-refractivity contribution in [2.75, 3.05) is 6.54 Å². The van der Waals surface area contributed by atoms with Gasteiger partial charge in [-0.05, 0) is 38.3 Å². The van der Waals surface area contributed by atoms with E-state index in [1.54, 1.807) is 35.5 Å². The summed E-state index contributed by atoms with van der Waals surface area (Å²) in [5.41, 5.74) is 3.41. The maximum Gasteiger partial charge on any atom is 0.227 e. The first-order valence-corrected chi connectivity index (χ1v) is 9.32. The molecular weight excluding hydrogens is 359 g/mol. The molecule has 0 bridgehead atoms. The van der Waals surface area contributed by atoms with E-state index in [0.29, 0.717) is 23.6 Å². The molecule has 1 unspecified atom stereocenters. The maximum absolute atomic E-state index is 13.9. The standard InChI is InChI=1S/C21H21FN4O2/c1-13-21(14(2)28-25-13)18-12-23-11-17(24-18)19-8-5-9-26(19)20(27)10-15-6-3-4-7-16(15)22/h3-4,6-7,11-12,19H,5,8-10H2,1-2H3. The Morgan fingerprint density at radius 2 is 2.11 bits per heavy atom. The zero-order valence-corrected chi connectivity index (χ0v) is 15.9. The summed E-state index contributed by atoms with van der Waals surface area (Å²) in [5.74, 6) is 0.229. The van der Waals surface area contributed by atoms with Gasteiger partial charge in [-0.3, -0.25) is 9.78 Å². The van der Waals surface area contributed by atoms with Crippen LogP contribution < -0.4 is 0 Å². The second-order valence-corrected chi connectivity index (χ2v) is 7.04. The van der Waals surface area contributed by atoms with Gasteiger partial charge in [0, 0.05) is 6.54 Å². The quantitative estimate of drug-likeness (QED) is 0.689.